The first-order valence-electron chi connectivity index (χ1n) is 11.5. The minimum atomic E-state index is -4.03. The highest BCUT2D eigenvalue weighted by Gasteiger charge is 2.40. The molecule has 2 aromatic carbocycles. The van der Waals surface area contributed by atoms with Crippen LogP contribution in [0.5, 0.6) is 0 Å². The zero-order valence-corrected chi connectivity index (χ0v) is 21.1. The molecule has 1 aliphatic heterocycles. The van der Waals surface area contributed by atoms with Crippen LogP contribution in [0.1, 0.15) is 56.2 Å². The number of carbonyl (C=O) groups excluding carboxylic acids is 2. The van der Waals surface area contributed by atoms with Crippen molar-refractivity contribution in [3.8, 4) is 0 Å². The maximum atomic E-state index is 13.9. The van der Waals surface area contributed by atoms with Gasteiger partial charge in [-0.25, -0.2) is 8.42 Å². The summed E-state index contributed by atoms with van der Waals surface area (Å²) in [6.45, 7) is 2.34. The number of ether oxygens (including phenoxy) is 1. The van der Waals surface area contributed by atoms with Crippen LogP contribution in [0, 0.1) is 0 Å². The standard InChI is InChI=1S/C25H31ClN2O5S/c1-18(22-10-4-3-8-19(22)9-7-12-24(29)33-2)28(23-11-5-6-17-27-25(23)30)34(31,32)21-15-13-20(26)14-16-21/h3-4,8,10,13-16,18,23H,5-7,9,11-12,17H2,1-2H3,(H,27,30). The number of benzene rings is 2. The van der Waals surface area contributed by atoms with Crippen LogP contribution in [0.4, 0.5) is 0 Å². The van der Waals surface area contributed by atoms with Gasteiger partial charge in [-0.2, -0.15) is 4.31 Å². The van der Waals surface area contributed by atoms with Crippen molar-refractivity contribution in [1.82, 2.24) is 9.62 Å². The number of carbonyl (C=O) groups is 2. The molecule has 184 valence electrons. The van der Waals surface area contributed by atoms with Crippen molar-refractivity contribution in [2.45, 2.75) is 62.4 Å². The number of esters is 1. The molecule has 0 aromatic heterocycles. The number of amides is 1. The lowest BCUT2D eigenvalue weighted by Gasteiger charge is -2.35. The minimum absolute atomic E-state index is 0.0870. The summed E-state index contributed by atoms with van der Waals surface area (Å²) in [5, 5.41) is 3.30. The van der Waals surface area contributed by atoms with E-state index in [9.17, 15) is 18.0 Å². The molecule has 9 heteroatoms. The van der Waals surface area contributed by atoms with Gasteiger partial charge in [-0.1, -0.05) is 35.9 Å². The largest absolute Gasteiger partial charge is 0.469 e. The Morgan fingerprint density at radius 2 is 1.88 bits per heavy atom. The smallest absolute Gasteiger partial charge is 0.305 e. The molecule has 34 heavy (non-hydrogen) atoms. The second-order valence-corrected chi connectivity index (χ2v) is 10.7. The van der Waals surface area contributed by atoms with Crippen LogP contribution in [-0.4, -0.2) is 44.3 Å². The Bertz CT molecular complexity index is 1100. The highest BCUT2D eigenvalue weighted by atomic mass is 35.5. The average Bonchev–Trinajstić information content (AvgIpc) is 3.03. The van der Waals surface area contributed by atoms with E-state index < -0.39 is 22.1 Å². The molecule has 1 N–H and O–H groups in total. The van der Waals surface area contributed by atoms with Gasteiger partial charge in [0.15, 0.2) is 0 Å². The first kappa shape index (κ1) is 26.2. The van der Waals surface area contributed by atoms with E-state index in [4.69, 9.17) is 16.3 Å². The van der Waals surface area contributed by atoms with Gasteiger partial charge in [0.1, 0.15) is 6.04 Å². The van der Waals surface area contributed by atoms with E-state index in [1.807, 2.05) is 31.2 Å². The lowest BCUT2D eigenvalue weighted by atomic mass is 9.96. The molecule has 1 saturated heterocycles. The van der Waals surface area contributed by atoms with E-state index in [1.54, 1.807) is 0 Å². The van der Waals surface area contributed by atoms with Crippen LogP contribution < -0.4 is 5.32 Å². The summed E-state index contributed by atoms with van der Waals surface area (Å²) in [6, 6.07) is 12.1. The molecule has 1 amide bonds. The van der Waals surface area contributed by atoms with Crippen LogP contribution in [0.3, 0.4) is 0 Å². The fourth-order valence-electron chi connectivity index (χ4n) is 4.37. The van der Waals surface area contributed by atoms with Crippen LogP contribution >= 0.6 is 11.6 Å². The Morgan fingerprint density at radius 1 is 1.18 bits per heavy atom. The lowest BCUT2D eigenvalue weighted by molar-refractivity contribution is -0.140. The molecule has 7 nitrogen and oxygen atoms in total. The topological polar surface area (TPSA) is 92.8 Å². The number of methoxy groups -OCH3 is 1. The Hall–Kier alpha value is -2.42. The number of nitrogens with zero attached hydrogens (tertiary/aromatic N) is 1. The normalized spacial score (nSPS) is 17.6. The Balaban J connectivity index is 2.02. The maximum Gasteiger partial charge on any atom is 0.305 e. The quantitative estimate of drug-likeness (QED) is 0.513. The minimum Gasteiger partial charge on any atom is -0.469 e. The summed E-state index contributed by atoms with van der Waals surface area (Å²) in [7, 11) is -2.67. The molecular formula is C25H31ClN2O5S. The van der Waals surface area contributed by atoms with Gasteiger partial charge >= 0.3 is 5.97 Å². The van der Waals surface area contributed by atoms with Gasteiger partial charge in [0.05, 0.1) is 12.0 Å². The first-order valence-corrected chi connectivity index (χ1v) is 13.3. The average molecular weight is 507 g/mol. The molecule has 1 aliphatic rings. The Kier molecular flexibility index (Phi) is 9.10. The summed E-state index contributed by atoms with van der Waals surface area (Å²) >= 11 is 5.99. The molecule has 0 saturated carbocycles. The molecule has 0 spiro atoms. The maximum absolute atomic E-state index is 13.9. The van der Waals surface area contributed by atoms with Gasteiger partial charge in [-0.15, -0.1) is 0 Å². The second-order valence-electron chi connectivity index (χ2n) is 8.40. The monoisotopic (exact) mass is 506 g/mol. The van der Waals surface area contributed by atoms with Crippen LogP contribution in [0.25, 0.3) is 0 Å². The molecule has 0 bridgehead atoms. The number of hydrogen-bond acceptors (Lipinski definition) is 5. The zero-order chi connectivity index (χ0) is 24.7. The predicted molar refractivity (Wildman–Crippen MR) is 131 cm³/mol. The van der Waals surface area contributed by atoms with Crippen LogP contribution in [0.2, 0.25) is 5.02 Å². The third-order valence-corrected chi connectivity index (χ3v) is 8.39. The van der Waals surface area contributed by atoms with Crippen LogP contribution in [-0.2, 0) is 30.8 Å². The van der Waals surface area contributed by atoms with Gasteiger partial charge in [-0.05, 0) is 74.4 Å². The second kappa shape index (κ2) is 11.8. The van der Waals surface area contributed by atoms with Crippen molar-refractivity contribution in [2.24, 2.45) is 0 Å². The fourth-order valence-corrected chi connectivity index (χ4v) is 6.29. The lowest BCUT2D eigenvalue weighted by Crippen LogP contribution is -2.49. The Morgan fingerprint density at radius 3 is 2.59 bits per heavy atom. The number of nitrogens with one attached hydrogen (secondary N) is 1. The summed E-state index contributed by atoms with van der Waals surface area (Å²) in [4.78, 5) is 24.6. The van der Waals surface area contributed by atoms with Gasteiger partial charge in [0.25, 0.3) is 0 Å². The third kappa shape index (κ3) is 6.17. The molecule has 1 fully saturated rings. The number of rotatable bonds is 9. The number of hydrogen-bond donors (Lipinski definition) is 1. The van der Waals surface area contributed by atoms with Gasteiger partial charge in [0.2, 0.25) is 15.9 Å². The molecule has 2 atom stereocenters. The third-order valence-electron chi connectivity index (χ3n) is 6.14. The number of halogens is 1. The Labute approximate surface area is 206 Å². The molecule has 1 heterocycles. The summed E-state index contributed by atoms with van der Waals surface area (Å²) < 4.78 is 33.9. The number of aryl methyl sites for hydroxylation is 1. The molecule has 0 radical (unpaired) electrons. The van der Waals surface area contributed by atoms with E-state index >= 15 is 0 Å². The van der Waals surface area contributed by atoms with E-state index in [0.29, 0.717) is 30.8 Å². The SMILES string of the molecule is COC(=O)CCCc1ccccc1C(C)N(C1CCCCNC1=O)S(=O)(=O)c1ccc(Cl)cc1. The van der Waals surface area contributed by atoms with Crippen molar-refractivity contribution < 1.29 is 22.7 Å². The summed E-state index contributed by atoms with van der Waals surface area (Å²) in [6.07, 6.45) is 3.41. The van der Waals surface area contributed by atoms with E-state index in [0.717, 1.165) is 24.0 Å². The van der Waals surface area contributed by atoms with Gasteiger partial charge in [0, 0.05) is 24.0 Å². The molecule has 0 aliphatic carbocycles. The van der Waals surface area contributed by atoms with E-state index in [1.165, 1.54) is 35.7 Å². The molecule has 2 unspecified atom stereocenters. The van der Waals surface area contributed by atoms with Crippen molar-refractivity contribution in [1.29, 1.82) is 0 Å². The van der Waals surface area contributed by atoms with Crippen molar-refractivity contribution >= 4 is 33.5 Å². The summed E-state index contributed by atoms with van der Waals surface area (Å²) in [5.41, 5.74) is 1.74. The van der Waals surface area contributed by atoms with Crippen LogP contribution in [0.15, 0.2) is 53.4 Å². The molecule has 2 aromatic rings. The first-order chi connectivity index (χ1) is 16.3. The highest BCUT2D eigenvalue weighted by Crippen LogP contribution is 2.34. The molecular weight excluding hydrogens is 476 g/mol. The van der Waals surface area contributed by atoms with Gasteiger partial charge < -0.3 is 10.1 Å². The highest BCUT2D eigenvalue weighted by molar-refractivity contribution is 7.89. The van der Waals surface area contributed by atoms with E-state index in [-0.39, 0.29) is 23.2 Å². The number of sulfonamides is 1. The van der Waals surface area contributed by atoms with Crippen molar-refractivity contribution in [3.05, 3.63) is 64.7 Å². The molecule has 3 rings (SSSR count). The van der Waals surface area contributed by atoms with Crippen molar-refractivity contribution in [2.75, 3.05) is 13.7 Å². The predicted octanol–water partition coefficient (Wildman–Crippen LogP) is 4.26. The fraction of sp³-hybridized carbons (Fsp3) is 0.440. The van der Waals surface area contributed by atoms with Gasteiger partial charge in [-0.3, -0.25) is 9.59 Å². The zero-order valence-electron chi connectivity index (χ0n) is 19.5. The summed E-state index contributed by atoms with van der Waals surface area (Å²) in [5.74, 6) is -0.572. The van der Waals surface area contributed by atoms with E-state index in [2.05, 4.69) is 5.32 Å². The van der Waals surface area contributed by atoms with Crippen molar-refractivity contribution in [3.63, 3.8) is 0 Å².